The maximum Gasteiger partial charge on any atom is 0.336 e. The summed E-state index contributed by atoms with van der Waals surface area (Å²) in [5.74, 6) is 5.21. The van der Waals surface area contributed by atoms with Gasteiger partial charge in [0.1, 0.15) is 11.9 Å². The second-order valence-electron chi connectivity index (χ2n) is 6.73. The Morgan fingerprint density at radius 1 is 1.16 bits per heavy atom. The average molecular weight is 338 g/mol. The summed E-state index contributed by atoms with van der Waals surface area (Å²) in [5, 5.41) is 19.6. The summed E-state index contributed by atoms with van der Waals surface area (Å²) in [6, 6.07) is 11.9. The molecule has 0 bridgehead atoms. The fourth-order valence-corrected chi connectivity index (χ4v) is 2.49. The molecule has 0 aliphatic heterocycles. The SMILES string of the molecule is COc1ccc(C(O)C#Cc2ccccc2C(=O)O)cc1C(C)(C)C. The van der Waals surface area contributed by atoms with Crippen LogP contribution >= 0.6 is 0 Å². The lowest BCUT2D eigenvalue weighted by molar-refractivity contribution is 0.0696. The van der Waals surface area contributed by atoms with Gasteiger partial charge in [-0.15, -0.1) is 0 Å². The van der Waals surface area contributed by atoms with Crippen molar-refractivity contribution < 1.29 is 19.7 Å². The molecule has 130 valence electrons. The van der Waals surface area contributed by atoms with Crippen LogP contribution in [-0.4, -0.2) is 23.3 Å². The fraction of sp³-hybridized carbons (Fsp3) is 0.286. The zero-order valence-corrected chi connectivity index (χ0v) is 14.8. The standard InChI is InChI=1S/C21H22O4/c1-21(2,3)17-13-15(10-12-19(17)25-4)18(22)11-9-14-7-5-6-8-16(14)20(23)24/h5-8,10,12-13,18,22H,1-4H3,(H,23,24). The quantitative estimate of drug-likeness (QED) is 0.836. The smallest absolute Gasteiger partial charge is 0.336 e. The van der Waals surface area contributed by atoms with Crippen molar-refractivity contribution in [3.63, 3.8) is 0 Å². The predicted octanol–water partition coefficient (Wildman–Crippen LogP) is 3.78. The highest BCUT2D eigenvalue weighted by atomic mass is 16.5. The van der Waals surface area contributed by atoms with Gasteiger partial charge in [0.25, 0.3) is 0 Å². The van der Waals surface area contributed by atoms with Gasteiger partial charge >= 0.3 is 5.97 Å². The lowest BCUT2D eigenvalue weighted by Gasteiger charge is -2.23. The van der Waals surface area contributed by atoms with Crippen LogP contribution in [0.15, 0.2) is 42.5 Å². The molecular formula is C21H22O4. The Kier molecular flexibility index (Phi) is 5.51. The Morgan fingerprint density at radius 2 is 1.84 bits per heavy atom. The van der Waals surface area contributed by atoms with E-state index < -0.39 is 12.1 Å². The summed E-state index contributed by atoms with van der Waals surface area (Å²) in [6.07, 6.45) is -1.02. The Morgan fingerprint density at radius 3 is 2.44 bits per heavy atom. The van der Waals surface area contributed by atoms with Gasteiger partial charge in [0.2, 0.25) is 0 Å². The molecule has 0 radical (unpaired) electrons. The van der Waals surface area contributed by atoms with Crippen molar-refractivity contribution in [3.05, 3.63) is 64.7 Å². The van der Waals surface area contributed by atoms with Crippen LogP contribution in [0.3, 0.4) is 0 Å². The van der Waals surface area contributed by atoms with Gasteiger partial charge in [-0.25, -0.2) is 4.79 Å². The number of aromatic carboxylic acids is 1. The summed E-state index contributed by atoms with van der Waals surface area (Å²) < 4.78 is 5.40. The topological polar surface area (TPSA) is 66.8 Å². The lowest BCUT2D eigenvalue weighted by Crippen LogP contribution is -2.13. The van der Waals surface area contributed by atoms with Crippen LogP contribution in [0.1, 0.15) is 53.9 Å². The first-order valence-electron chi connectivity index (χ1n) is 7.94. The summed E-state index contributed by atoms with van der Waals surface area (Å²) in [4.78, 5) is 11.2. The minimum absolute atomic E-state index is 0.118. The van der Waals surface area contributed by atoms with Gasteiger partial charge < -0.3 is 14.9 Å². The maximum absolute atomic E-state index is 11.2. The number of carbonyl (C=O) groups is 1. The summed E-state index contributed by atoms with van der Waals surface area (Å²) in [7, 11) is 1.61. The van der Waals surface area contributed by atoms with Crippen molar-refractivity contribution in [2.45, 2.75) is 32.3 Å². The third kappa shape index (κ3) is 4.40. The van der Waals surface area contributed by atoms with E-state index in [4.69, 9.17) is 4.74 Å². The molecule has 0 saturated heterocycles. The number of benzene rings is 2. The molecule has 1 atom stereocenters. The zero-order chi connectivity index (χ0) is 18.6. The number of hydrogen-bond acceptors (Lipinski definition) is 3. The van der Waals surface area contributed by atoms with Crippen LogP contribution in [0.25, 0.3) is 0 Å². The molecule has 0 amide bonds. The van der Waals surface area contributed by atoms with Crippen molar-refractivity contribution in [1.29, 1.82) is 0 Å². The number of methoxy groups -OCH3 is 1. The van der Waals surface area contributed by atoms with Crippen LogP contribution in [-0.2, 0) is 5.41 Å². The Bertz CT molecular complexity index is 835. The van der Waals surface area contributed by atoms with Gasteiger partial charge in [0.15, 0.2) is 0 Å². The summed E-state index contributed by atoms with van der Waals surface area (Å²) in [5.41, 5.74) is 1.96. The lowest BCUT2D eigenvalue weighted by atomic mass is 9.85. The first-order chi connectivity index (χ1) is 11.7. The third-order valence-corrected chi connectivity index (χ3v) is 3.85. The number of carboxylic acids is 1. The summed E-state index contributed by atoms with van der Waals surface area (Å²) >= 11 is 0. The first-order valence-corrected chi connectivity index (χ1v) is 7.94. The van der Waals surface area contributed by atoms with E-state index in [1.54, 1.807) is 31.4 Å². The minimum atomic E-state index is -1.04. The molecule has 1 unspecified atom stereocenters. The average Bonchev–Trinajstić information content (AvgIpc) is 2.58. The van der Waals surface area contributed by atoms with Crippen LogP contribution in [0.4, 0.5) is 0 Å². The van der Waals surface area contributed by atoms with Crippen LogP contribution in [0, 0.1) is 11.8 Å². The van der Waals surface area contributed by atoms with Gasteiger partial charge in [-0.1, -0.05) is 50.8 Å². The number of aliphatic hydroxyl groups is 1. The number of aliphatic hydroxyl groups excluding tert-OH is 1. The van der Waals surface area contributed by atoms with Crippen molar-refractivity contribution in [2.75, 3.05) is 7.11 Å². The van der Waals surface area contributed by atoms with E-state index in [0.29, 0.717) is 11.1 Å². The predicted molar refractivity (Wildman–Crippen MR) is 96.9 cm³/mol. The van der Waals surface area contributed by atoms with Crippen LogP contribution in [0.2, 0.25) is 0 Å². The molecule has 0 heterocycles. The molecule has 0 aromatic heterocycles. The molecule has 2 N–H and O–H groups in total. The van der Waals surface area contributed by atoms with E-state index in [9.17, 15) is 15.0 Å². The molecule has 4 heteroatoms. The van der Waals surface area contributed by atoms with E-state index in [1.807, 2.05) is 12.1 Å². The molecule has 0 fully saturated rings. The number of ether oxygens (including phenoxy) is 1. The van der Waals surface area contributed by atoms with E-state index in [1.165, 1.54) is 6.07 Å². The van der Waals surface area contributed by atoms with E-state index in [0.717, 1.165) is 11.3 Å². The van der Waals surface area contributed by atoms with Gasteiger partial charge in [0.05, 0.1) is 12.7 Å². The molecule has 4 nitrogen and oxygen atoms in total. The van der Waals surface area contributed by atoms with Crippen molar-refractivity contribution in [3.8, 4) is 17.6 Å². The van der Waals surface area contributed by atoms with Gasteiger partial charge in [-0.3, -0.25) is 0 Å². The Labute approximate surface area is 148 Å². The van der Waals surface area contributed by atoms with Crippen LogP contribution in [0.5, 0.6) is 5.75 Å². The maximum atomic E-state index is 11.2. The second kappa shape index (κ2) is 7.42. The van der Waals surface area contributed by atoms with E-state index in [2.05, 4.69) is 32.6 Å². The second-order valence-corrected chi connectivity index (χ2v) is 6.73. The van der Waals surface area contributed by atoms with Gasteiger partial charge in [-0.2, -0.15) is 0 Å². The molecule has 2 aromatic carbocycles. The van der Waals surface area contributed by atoms with Crippen molar-refractivity contribution in [1.82, 2.24) is 0 Å². The Balaban J connectivity index is 2.38. The molecule has 0 saturated carbocycles. The van der Waals surface area contributed by atoms with E-state index in [-0.39, 0.29) is 11.0 Å². The number of rotatable bonds is 3. The Hall–Kier alpha value is -2.77. The molecular weight excluding hydrogens is 316 g/mol. The van der Waals surface area contributed by atoms with Crippen LogP contribution < -0.4 is 4.74 Å². The molecule has 0 aliphatic rings. The third-order valence-electron chi connectivity index (χ3n) is 3.85. The molecule has 0 aliphatic carbocycles. The highest BCUT2D eigenvalue weighted by Crippen LogP contribution is 2.33. The highest BCUT2D eigenvalue weighted by Gasteiger charge is 2.20. The van der Waals surface area contributed by atoms with Gasteiger partial charge in [-0.05, 0) is 40.8 Å². The monoisotopic (exact) mass is 338 g/mol. The minimum Gasteiger partial charge on any atom is -0.496 e. The van der Waals surface area contributed by atoms with Gasteiger partial charge in [0, 0.05) is 5.56 Å². The van der Waals surface area contributed by atoms with E-state index >= 15 is 0 Å². The number of hydrogen-bond donors (Lipinski definition) is 2. The molecule has 2 rings (SSSR count). The molecule has 0 spiro atoms. The largest absolute Gasteiger partial charge is 0.496 e. The normalized spacial score (nSPS) is 12.0. The van der Waals surface area contributed by atoms with Crippen molar-refractivity contribution in [2.24, 2.45) is 0 Å². The first kappa shape index (κ1) is 18.6. The molecule has 2 aromatic rings. The zero-order valence-electron chi connectivity index (χ0n) is 14.8. The fourth-order valence-electron chi connectivity index (χ4n) is 2.49. The summed E-state index contributed by atoms with van der Waals surface area (Å²) in [6.45, 7) is 6.20. The number of carboxylic acid groups (broad SMARTS) is 1. The van der Waals surface area contributed by atoms with Crippen molar-refractivity contribution >= 4 is 5.97 Å². The highest BCUT2D eigenvalue weighted by molar-refractivity contribution is 5.90. The molecule has 25 heavy (non-hydrogen) atoms.